The van der Waals surface area contributed by atoms with Gasteiger partial charge in [-0.15, -0.1) is 0 Å². The molecule has 1 heterocycles. The number of carbonyl (C=O) groups excluding carboxylic acids is 1. The average molecular weight is 678 g/mol. The average Bonchev–Trinajstić information content (AvgIpc) is 3.24. The predicted molar refractivity (Wildman–Crippen MR) is 172 cm³/mol. The van der Waals surface area contributed by atoms with E-state index in [0.29, 0.717) is 28.2 Å². The van der Waals surface area contributed by atoms with E-state index in [0.717, 1.165) is 42.6 Å². The van der Waals surface area contributed by atoms with Crippen LogP contribution in [0.15, 0.2) is 104 Å². The minimum atomic E-state index is -0.134. The number of aryl methyl sites for hydroxylation is 2. The highest BCUT2D eigenvalue weighted by Crippen LogP contribution is 2.41. The standard InChI is InChI=1S/C32H26Br2N2O3S/c1-20-4-12-25(13-5-20)35-32-36(26-14-6-21(2)7-15-26)31(37)29(40-32)18-23-16-27(34)30(28(17-23)38-3)39-19-22-8-10-24(33)11-9-22/h4-18H,19H2,1-3H3/b29-18-,35-32?. The van der Waals surface area contributed by atoms with E-state index in [-0.39, 0.29) is 5.91 Å². The third-order valence-corrected chi connectivity index (χ3v) is 8.29. The SMILES string of the molecule is COc1cc(/C=C2\SC(=Nc3ccc(C)cc3)N(c3ccc(C)cc3)C2=O)cc(Br)c1OCc1ccc(Br)cc1. The summed E-state index contributed by atoms with van der Waals surface area (Å²) in [5.74, 6) is 1.03. The van der Waals surface area contributed by atoms with E-state index in [1.165, 1.54) is 11.8 Å². The number of carbonyl (C=O) groups is 1. The zero-order valence-corrected chi connectivity index (χ0v) is 26.1. The van der Waals surface area contributed by atoms with Gasteiger partial charge in [-0.3, -0.25) is 9.69 Å². The Labute approximate surface area is 255 Å². The van der Waals surface area contributed by atoms with Crippen LogP contribution in [-0.4, -0.2) is 18.2 Å². The van der Waals surface area contributed by atoms with E-state index in [2.05, 4.69) is 31.9 Å². The number of hydrogen-bond donors (Lipinski definition) is 0. The van der Waals surface area contributed by atoms with Crippen LogP contribution < -0.4 is 14.4 Å². The van der Waals surface area contributed by atoms with Crippen LogP contribution in [0, 0.1) is 13.8 Å². The number of aliphatic imine (C=N–C) groups is 1. The maximum Gasteiger partial charge on any atom is 0.271 e. The quantitative estimate of drug-likeness (QED) is 0.183. The Balaban J connectivity index is 1.46. The zero-order chi connectivity index (χ0) is 28.2. The van der Waals surface area contributed by atoms with Gasteiger partial charge in [-0.2, -0.15) is 0 Å². The first-order chi connectivity index (χ1) is 19.3. The van der Waals surface area contributed by atoms with Crippen LogP contribution in [0.25, 0.3) is 6.08 Å². The van der Waals surface area contributed by atoms with Crippen molar-refractivity contribution >= 4 is 72.1 Å². The monoisotopic (exact) mass is 676 g/mol. The van der Waals surface area contributed by atoms with Crippen molar-refractivity contribution in [3.05, 3.63) is 121 Å². The Morgan fingerprint density at radius 3 is 2.20 bits per heavy atom. The van der Waals surface area contributed by atoms with Crippen LogP contribution in [0.3, 0.4) is 0 Å². The summed E-state index contributed by atoms with van der Waals surface area (Å²) in [5.41, 5.74) is 5.67. The summed E-state index contributed by atoms with van der Waals surface area (Å²) in [6.45, 7) is 4.45. The first-order valence-electron chi connectivity index (χ1n) is 12.5. The molecule has 0 aromatic heterocycles. The minimum absolute atomic E-state index is 0.134. The van der Waals surface area contributed by atoms with Crippen LogP contribution in [0.2, 0.25) is 0 Å². The molecule has 1 aliphatic rings. The molecule has 1 saturated heterocycles. The number of anilines is 1. The fourth-order valence-electron chi connectivity index (χ4n) is 4.05. The van der Waals surface area contributed by atoms with Crippen molar-refractivity contribution in [2.24, 2.45) is 4.99 Å². The van der Waals surface area contributed by atoms with Crippen molar-refractivity contribution in [2.75, 3.05) is 12.0 Å². The lowest BCUT2D eigenvalue weighted by Crippen LogP contribution is -2.28. The molecule has 202 valence electrons. The highest BCUT2D eigenvalue weighted by atomic mass is 79.9. The second kappa shape index (κ2) is 12.5. The van der Waals surface area contributed by atoms with Gasteiger partial charge in [0.05, 0.1) is 27.9 Å². The number of amides is 1. The van der Waals surface area contributed by atoms with Gasteiger partial charge in [-0.1, -0.05) is 63.5 Å². The van der Waals surface area contributed by atoms with Crippen LogP contribution in [-0.2, 0) is 11.4 Å². The number of nitrogens with zero attached hydrogens (tertiary/aromatic N) is 2. The molecule has 0 unspecified atom stereocenters. The molecule has 8 heteroatoms. The molecular formula is C32H26Br2N2O3S. The van der Waals surface area contributed by atoms with E-state index in [1.54, 1.807) is 12.0 Å². The lowest BCUT2D eigenvalue weighted by molar-refractivity contribution is -0.113. The lowest BCUT2D eigenvalue weighted by Gasteiger charge is -2.16. The van der Waals surface area contributed by atoms with Crippen molar-refractivity contribution in [3.8, 4) is 11.5 Å². The van der Waals surface area contributed by atoms with Crippen molar-refractivity contribution in [1.29, 1.82) is 0 Å². The van der Waals surface area contributed by atoms with Crippen LogP contribution in [0.4, 0.5) is 11.4 Å². The van der Waals surface area contributed by atoms with Crippen LogP contribution in [0.1, 0.15) is 22.3 Å². The molecular weight excluding hydrogens is 652 g/mol. The van der Waals surface area contributed by atoms with E-state index < -0.39 is 0 Å². The molecule has 0 N–H and O–H groups in total. The summed E-state index contributed by atoms with van der Waals surface area (Å²) in [7, 11) is 1.60. The molecule has 1 aliphatic heterocycles. The fraction of sp³-hybridized carbons (Fsp3) is 0.125. The first kappa shape index (κ1) is 28.2. The van der Waals surface area contributed by atoms with Gasteiger partial charge in [0.1, 0.15) is 6.61 Å². The molecule has 5 nitrogen and oxygen atoms in total. The molecule has 0 spiro atoms. The Hall–Kier alpha value is -3.33. The molecule has 1 fully saturated rings. The number of methoxy groups -OCH3 is 1. The summed E-state index contributed by atoms with van der Waals surface area (Å²) < 4.78 is 13.5. The molecule has 1 amide bonds. The summed E-state index contributed by atoms with van der Waals surface area (Å²) in [4.78, 5) is 20.8. The smallest absolute Gasteiger partial charge is 0.271 e. The van der Waals surface area contributed by atoms with Gasteiger partial charge in [-0.05, 0) is 107 Å². The van der Waals surface area contributed by atoms with Gasteiger partial charge in [0, 0.05) is 4.47 Å². The highest BCUT2D eigenvalue weighted by molar-refractivity contribution is 9.10. The third-order valence-electron chi connectivity index (χ3n) is 6.20. The van der Waals surface area contributed by atoms with E-state index in [1.807, 2.05) is 105 Å². The number of rotatable bonds is 7. The van der Waals surface area contributed by atoms with E-state index in [9.17, 15) is 4.79 Å². The minimum Gasteiger partial charge on any atom is -0.493 e. The number of thioether (sulfide) groups is 1. The van der Waals surface area contributed by atoms with Crippen molar-refractivity contribution in [2.45, 2.75) is 20.5 Å². The van der Waals surface area contributed by atoms with Gasteiger partial charge in [0.25, 0.3) is 5.91 Å². The van der Waals surface area contributed by atoms with Crippen LogP contribution in [0.5, 0.6) is 11.5 Å². The molecule has 0 atom stereocenters. The summed E-state index contributed by atoms with van der Waals surface area (Å²) in [5, 5.41) is 0.601. The number of amidine groups is 1. The lowest BCUT2D eigenvalue weighted by atomic mass is 10.1. The van der Waals surface area contributed by atoms with Crippen molar-refractivity contribution in [3.63, 3.8) is 0 Å². The summed E-state index contributed by atoms with van der Waals surface area (Å²) in [6.07, 6.45) is 1.86. The molecule has 40 heavy (non-hydrogen) atoms. The van der Waals surface area contributed by atoms with E-state index in [4.69, 9.17) is 14.5 Å². The van der Waals surface area contributed by atoms with Crippen LogP contribution >= 0.6 is 43.6 Å². The number of ether oxygens (including phenoxy) is 2. The number of halogens is 2. The van der Waals surface area contributed by atoms with Gasteiger partial charge in [0.2, 0.25) is 0 Å². The van der Waals surface area contributed by atoms with Crippen molar-refractivity contribution < 1.29 is 14.3 Å². The number of hydrogen-bond acceptors (Lipinski definition) is 5. The van der Waals surface area contributed by atoms with Gasteiger partial charge >= 0.3 is 0 Å². The topological polar surface area (TPSA) is 51.1 Å². The van der Waals surface area contributed by atoms with Gasteiger partial charge in [0.15, 0.2) is 16.7 Å². The Bertz CT molecular complexity index is 1600. The first-order valence-corrected chi connectivity index (χ1v) is 14.9. The third kappa shape index (κ3) is 6.52. The molecule has 0 aliphatic carbocycles. The second-order valence-corrected chi connectivity index (χ2v) is 12.0. The second-order valence-electron chi connectivity index (χ2n) is 9.27. The summed E-state index contributed by atoms with van der Waals surface area (Å²) >= 11 is 8.44. The maximum absolute atomic E-state index is 13.7. The fourth-order valence-corrected chi connectivity index (χ4v) is 5.89. The molecule has 0 bridgehead atoms. The number of benzene rings is 4. The van der Waals surface area contributed by atoms with E-state index >= 15 is 0 Å². The molecule has 0 radical (unpaired) electrons. The maximum atomic E-state index is 13.7. The summed E-state index contributed by atoms with van der Waals surface area (Å²) in [6, 6.07) is 27.6. The Morgan fingerprint density at radius 2 is 1.55 bits per heavy atom. The van der Waals surface area contributed by atoms with Crippen molar-refractivity contribution in [1.82, 2.24) is 0 Å². The largest absolute Gasteiger partial charge is 0.493 e. The zero-order valence-electron chi connectivity index (χ0n) is 22.2. The van der Waals surface area contributed by atoms with Gasteiger partial charge in [-0.25, -0.2) is 4.99 Å². The molecule has 0 saturated carbocycles. The predicted octanol–water partition coefficient (Wildman–Crippen LogP) is 9.22. The normalized spacial score (nSPS) is 15.2. The molecule has 4 aromatic carbocycles. The Morgan fingerprint density at radius 1 is 0.900 bits per heavy atom. The Kier molecular flexibility index (Phi) is 8.78. The molecule has 4 aromatic rings. The highest BCUT2D eigenvalue weighted by Gasteiger charge is 2.35. The molecule has 5 rings (SSSR count). The van der Waals surface area contributed by atoms with Gasteiger partial charge < -0.3 is 9.47 Å².